The van der Waals surface area contributed by atoms with Gasteiger partial charge in [0.2, 0.25) is 5.95 Å². The first-order valence-corrected chi connectivity index (χ1v) is 6.10. The Bertz CT molecular complexity index is 644. The number of anilines is 1. The normalized spacial score (nSPS) is 12.5. The van der Waals surface area contributed by atoms with Crippen molar-refractivity contribution in [2.45, 2.75) is 13.8 Å². The Morgan fingerprint density at radius 2 is 2.32 bits per heavy atom. The van der Waals surface area contributed by atoms with Gasteiger partial charge < -0.3 is 11.1 Å². The highest BCUT2D eigenvalue weighted by Crippen LogP contribution is 2.22. The minimum atomic E-state index is 0.396. The smallest absolute Gasteiger partial charge is 0.229 e. The molecule has 0 aromatic carbocycles. The number of hydrogen-bond donors (Lipinski definition) is 3. The number of aromatic nitrogens is 4. The van der Waals surface area contributed by atoms with Crippen molar-refractivity contribution in [3.8, 4) is 0 Å². The quantitative estimate of drug-likeness (QED) is 0.738. The van der Waals surface area contributed by atoms with Crippen LogP contribution in [0.15, 0.2) is 16.9 Å². The molecule has 0 bridgehead atoms. The number of aryl methyl sites for hydroxylation is 1. The molecule has 2 aromatic rings. The number of halogens is 1. The molecule has 0 saturated carbocycles. The fraction of sp³-hybridized carbons (Fsp3) is 0.273. The fourth-order valence-electron chi connectivity index (χ4n) is 1.55. The molecule has 0 radical (unpaired) electrons. The van der Waals surface area contributed by atoms with Gasteiger partial charge in [0.15, 0.2) is 5.65 Å². The number of hydrogen-bond acceptors (Lipinski definition) is 6. The van der Waals surface area contributed by atoms with E-state index in [-0.39, 0.29) is 0 Å². The lowest BCUT2D eigenvalue weighted by atomic mass is 10.3. The third-order valence-electron chi connectivity index (χ3n) is 2.40. The van der Waals surface area contributed by atoms with Crippen LogP contribution in [0.3, 0.4) is 0 Å². The highest BCUT2D eigenvalue weighted by atomic mass is 35.5. The molecule has 4 N–H and O–H groups in total. The number of nitrogens with two attached hydrogens (primary N) is 1. The summed E-state index contributed by atoms with van der Waals surface area (Å²) in [6.07, 6.45) is 3.03. The summed E-state index contributed by atoms with van der Waals surface area (Å²) in [6.45, 7) is 4.44. The van der Waals surface area contributed by atoms with Crippen LogP contribution in [0.5, 0.6) is 0 Å². The molecule has 19 heavy (non-hydrogen) atoms. The monoisotopic (exact) mass is 279 g/mol. The number of aromatic amines is 1. The number of fused-ring (bicyclic) bond motifs is 1. The molecule has 0 fully saturated rings. The lowest BCUT2D eigenvalue weighted by Crippen LogP contribution is -2.08. The van der Waals surface area contributed by atoms with E-state index in [2.05, 4.69) is 30.5 Å². The number of H-pyrrole nitrogens is 1. The number of allylic oxidation sites excluding steroid dienone is 1. The average Bonchev–Trinajstić information content (AvgIpc) is 2.76. The van der Waals surface area contributed by atoms with Crippen molar-refractivity contribution < 1.29 is 0 Å². The van der Waals surface area contributed by atoms with E-state index in [0.29, 0.717) is 34.4 Å². The van der Waals surface area contributed by atoms with E-state index in [0.717, 1.165) is 5.69 Å². The molecule has 0 spiro atoms. The molecule has 2 aromatic heterocycles. The largest absolute Gasteiger partial charge is 0.403 e. The van der Waals surface area contributed by atoms with Gasteiger partial charge in [-0.1, -0.05) is 11.6 Å². The van der Waals surface area contributed by atoms with Crippen molar-refractivity contribution in [3.05, 3.63) is 22.7 Å². The molecule has 0 aliphatic heterocycles. The van der Waals surface area contributed by atoms with Crippen molar-refractivity contribution in [1.29, 1.82) is 0 Å². The van der Waals surface area contributed by atoms with E-state index in [9.17, 15) is 0 Å². The molecule has 100 valence electrons. The van der Waals surface area contributed by atoms with Crippen LogP contribution in [0, 0.1) is 6.92 Å². The van der Waals surface area contributed by atoms with Crippen molar-refractivity contribution in [1.82, 2.24) is 20.2 Å². The van der Waals surface area contributed by atoms with Crippen LogP contribution in [0.1, 0.15) is 12.6 Å². The van der Waals surface area contributed by atoms with Crippen molar-refractivity contribution >= 4 is 34.8 Å². The number of nitrogens with one attached hydrogen (secondary N) is 2. The van der Waals surface area contributed by atoms with Crippen molar-refractivity contribution in [2.75, 3.05) is 11.9 Å². The Labute approximate surface area is 115 Å². The summed E-state index contributed by atoms with van der Waals surface area (Å²) in [5, 5.41) is 10.8. The summed E-state index contributed by atoms with van der Waals surface area (Å²) in [5.41, 5.74) is 7.35. The van der Waals surface area contributed by atoms with Gasteiger partial charge in [0.1, 0.15) is 5.15 Å². The lowest BCUT2D eigenvalue weighted by Gasteiger charge is -2.05. The van der Waals surface area contributed by atoms with Gasteiger partial charge in [0.25, 0.3) is 0 Å². The second-order valence-corrected chi connectivity index (χ2v) is 4.12. The molecule has 0 aliphatic rings. The average molecular weight is 280 g/mol. The zero-order valence-electron chi connectivity index (χ0n) is 10.6. The molecule has 0 atom stereocenters. The van der Waals surface area contributed by atoms with E-state index in [1.807, 2.05) is 13.8 Å². The van der Waals surface area contributed by atoms with Crippen LogP contribution in [0.2, 0.25) is 5.15 Å². The van der Waals surface area contributed by atoms with E-state index in [4.69, 9.17) is 17.3 Å². The predicted octanol–water partition coefficient (Wildman–Crippen LogP) is 1.62. The fourth-order valence-corrected chi connectivity index (χ4v) is 1.81. The molecule has 0 unspecified atom stereocenters. The van der Waals surface area contributed by atoms with Gasteiger partial charge in [-0.25, -0.2) is 4.98 Å². The minimum absolute atomic E-state index is 0.396. The highest BCUT2D eigenvalue weighted by molar-refractivity contribution is 6.34. The Morgan fingerprint density at radius 3 is 3.00 bits per heavy atom. The standard InChI is InChI=1S/C11H14ClN7/c1-3-14-5-7(4-13)16-11-15-6(2)8-9(12)18-19-10(8)17-11/h4-5H,3,13H2,1-2H3,(H2,15,16,17,18,19). The first-order chi connectivity index (χ1) is 9.15. The van der Waals surface area contributed by atoms with Crippen LogP contribution in [0.25, 0.3) is 11.0 Å². The molecule has 0 saturated heterocycles. The molecule has 7 nitrogen and oxygen atoms in total. The summed E-state index contributed by atoms with van der Waals surface area (Å²) in [6, 6.07) is 0. The maximum absolute atomic E-state index is 5.96. The minimum Gasteiger partial charge on any atom is -0.403 e. The second-order valence-electron chi connectivity index (χ2n) is 3.74. The van der Waals surface area contributed by atoms with E-state index >= 15 is 0 Å². The van der Waals surface area contributed by atoms with Crippen LogP contribution in [-0.4, -0.2) is 32.9 Å². The zero-order valence-corrected chi connectivity index (χ0v) is 11.4. The maximum Gasteiger partial charge on any atom is 0.229 e. The van der Waals surface area contributed by atoms with Crippen molar-refractivity contribution in [2.24, 2.45) is 10.7 Å². The van der Waals surface area contributed by atoms with Gasteiger partial charge >= 0.3 is 0 Å². The molecule has 8 heteroatoms. The summed E-state index contributed by atoms with van der Waals surface area (Å²) in [5.74, 6) is 0.396. The van der Waals surface area contributed by atoms with Gasteiger partial charge in [0.05, 0.1) is 16.8 Å². The topological polar surface area (TPSA) is 105 Å². The van der Waals surface area contributed by atoms with Crippen LogP contribution in [-0.2, 0) is 0 Å². The third kappa shape index (κ3) is 2.82. The van der Waals surface area contributed by atoms with E-state index in [1.165, 1.54) is 6.20 Å². The molecule has 0 aliphatic carbocycles. The lowest BCUT2D eigenvalue weighted by molar-refractivity contribution is 1.08. The Morgan fingerprint density at radius 1 is 1.53 bits per heavy atom. The number of aliphatic imine (C=N–C) groups is 1. The van der Waals surface area contributed by atoms with E-state index in [1.54, 1.807) is 6.21 Å². The maximum atomic E-state index is 5.96. The van der Waals surface area contributed by atoms with Crippen molar-refractivity contribution in [3.63, 3.8) is 0 Å². The summed E-state index contributed by atoms with van der Waals surface area (Å²) in [4.78, 5) is 12.6. The third-order valence-corrected chi connectivity index (χ3v) is 2.67. The van der Waals surface area contributed by atoms with Gasteiger partial charge in [-0.05, 0) is 13.8 Å². The number of rotatable bonds is 4. The zero-order chi connectivity index (χ0) is 13.8. The second kappa shape index (κ2) is 5.66. The van der Waals surface area contributed by atoms with Crippen LogP contribution >= 0.6 is 11.6 Å². The van der Waals surface area contributed by atoms with Gasteiger partial charge in [-0.15, -0.1) is 0 Å². The van der Waals surface area contributed by atoms with E-state index < -0.39 is 0 Å². The van der Waals surface area contributed by atoms with Crippen LogP contribution in [0.4, 0.5) is 5.95 Å². The molecule has 0 amide bonds. The van der Waals surface area contributed by atoms with Gasteiger partial charge in [-0.3, -0.25) is 10.1 Å². The summed E-state index contributed by atoms with van der Waals surface area (Å²) < 4.78 is 0. The SMILES string of the molecule is CCN=CC(=CN)Nc1nc(C)c2c(Cl)[nH]nc2n1. The molecular formula is C11H14ClN7. The Kier molecular flexibility index (Phi) is 3.96. The molecule has 2 heterocycles. The first-order valence-electron chi connectivity index (χ1n) is 5.72. The number of nitrogens with zero attached hydrogens (tertiary/aromatic N) is 4. The molecule has 2 rings (SSSR count). The summed E-state index contributed by atoms with van der Waals surface area (Å²) >= 11 is 5.96. The Hall–Kier alpha value is -2.15. The van der Waals surface area contributed by atoms with Gasteiger partial charge in [0, 0.05) is 19.0 Å². The predicted molar refractivity (Wildman–Crippen MR) is 76.4 cm³/mol. The Balaban J connectivity index is 2.33. The first kappa shape index (κ1) is 13.3. The van der Waals surface area contributed by atoms with Crippen LogP contribution < -0.4 is 11.1 Å². The summed E-state index contributed by atoms with van der Waals surface area (Å²) in [7, 11) is 0. The van der Waals surface area contributed by atoms with Gasteiger partial charge in [-0.2, -0.15) is 10.1 Å². The highest BCUT2D eigenvalue weighted by Gasteiger charge is 2.11. The molecular weight excluding hydrogens is 266 g/mol.